The second kappa shape index (κ2) is 6.99. The molecule has 19 heavy (non-hydrogen) atoms. The summed E-state index contributed by atoms with van der Waals surface area (Å²) in [6.07, 6.45) is 2.86. The summed E-state index contributed by atoms with van der Waals surface area (Å²) in [6, 6.07) is 8.33. The first-order valence-electron chi connectivity index (χ1n) is 5.89. The van der Waals surface area contributed by atoms with E-state index in [0.29, 0.717) is 23.4 Å². The molecule has 0 saturated carbocycles. The molecule has 2 rings (SSSR count). The third-order valence-electron chi connectivity index (χ3n) is 2.53. The minimum Gasteiger partial charge on any atom is -0.472 e. The Morgan fingerprint density at radius 1 is 1.32 bits per heavy atom. The molecule has 1 amide bonds. The quantitative estimate of drug-likeness (QED) is 0.826. The lowest BCUT2D eigenvalue weighted by Gasteiger charge is -2.04. The predicted octanol–water partition coefficient (Wildman–Crippen LogP) is 3.08. The van der Waals surface area contributed by atoms with Gasteiger partial charge in [-0.2, -0.15) is 11.8 Å². The van der Waals surface area contributed by atoms with Gasteiger partial charge in [-0.05, 0) is 17.7 Å². The molecular formula is C14H14FNO2S. The standard InChI is InChI=1S/C14H14FNO2S/c15-13-4-2-1-3-12(13)10-19-8-6-16-14(17)11-5-7-18-9-11/h1-5,7,9H,6,8,10H2,(H,16,17). The van der Waals surface area contributed by atoms with Gasteiger partial charge in [-0.3, -0.25) is 4.79 Å². The summed E-state index contributed by atoms with van der Waals surface area (Å²) in [5.41, 5.74) is 1.20. The highest BCUT2D eigenvalue weighted by molar-refractivity contribution is 7.98. The van der Waals surface area contributed by atoms with Crippen LogP contribution in [0.2, 0.25) is 0 Å². The van der Waals surface area contributed by atoms with E-state index in [-0.39, 0.29) is 11.7 Å². The molecule has 3 nitrogen and oxygen atoms in total. The molecule has 0 saturated heterocycles. The zero-order chi connectivity index (χ0) is 13.5. The van der Waals surface area contributed by atoms with E-state index in [2.05, 4.69) is 5.32 Å². The molecule has 0 bridgehead atoms. The Hall–Kier alpha value is -1.75. The zero-order valence-corrected chi connectivity index (χ0v) is 11.1. The van der Waals surface area contributed by atoms with Gasteiger partial charge in [0.1, 0.15) is 12.1 Å². The lowest BCUT2D eigenvalue weighted by atomic mass is 10.2. The monoisotopic (exact) mass is 279 g/mol. The highest BCUT2D eigenvalue weighted by Crippen LogP contribution is 2.14. The summed E-state index contributed by atoms with van der Waals surface area (Å²) in [5, 5.41) is 2.77. The summed E-state index contributed by atoms with van der Waals surface area (Å²) in [4.78, 5) is 11.6. The van der Waals surface area contributed by atoms with Gasteiger partial charge < -0.3 is 9.73 Å². The normalized spacial score (nSPS) is 10.4. The molecule has 0 unspecified atom stereocenters. The third-order valence-corrected chi connectivity index (χ3v) is 3.54. The number of amides is 1. The van der Waals surface area contributed by atoms with E-state index in [1.807, 2.05) is 6.07 Å². The largest absolute Gasteiger partial charge is 0.472 e. The molecule has 1 N–H and O–H groups in total. The SMILES string of the molecule is O=C(NCCSCc1ccccc1F)c1ccoc1. The third kappa shape index (κ3) is 4.13. The van der Waals surface area contributed by atoms with E-state index in [0.717, 1.165) is 5.75 Å². The first-order valence-corrected chi connectivity index (χ1v) is 7.04. The molecule has 0 atom stereocenters. The average Bonchev–Trinajstić information content (AvgIpc) is 2.94. The van der Waals surface area contributed by atoms with E-state index in [9.17, 15) is 9.18 Å². The number of benzene rings is 1. The Kier molecular flexibility index (Phi) is 5.03. The van der Waals surface area contributed by atoms with Gasteiger partial charge in [0.05, 0.1) is 11.8 Å². The number of hydrogen-bond donors (Lipinski definition) is 1. The van der Waals surface area contributed by atoms with Crippen LogP contribution >= 0.6 is 11.8 Å². The molecule has 2 aromatic rings. The van der Waals surface area contributed by atoms with Crippen LogP contribution in [0.3, 0.4) is 0 Å². The highest BCUT2D eigenvalue weighted by Gasteiger charge is 2.05. The second-order valence-electron chi connectivity index (χ2n) is 3.91. The van der Waals surface area contributed by atoms with Crippen LogP contribution in [0.1, 0.15) is 15.9 Å². The van der Waals surface area contributed by atoms with E-state index in [4.69, 9.17) is 4.42 Å². The van der Waals surface area contributed by atoms with Crippen LogP contribution in [0.5, 0.6) is 0 Å². The number of carbonyl (C=O) groups is 1. The van der Waals surface area contributed by atoms with Crippen molar-refractivity contribution >= 4 is 17.7 Å². The number of halogens is 1. The zero-order valence-electron chi connectivity index (χ0n) is 10.3. The lowest BCUT2D eigenvalue weighted by molar-refractivity contribution is 0.0955. The van der Waals surface area contributed by atoms with Crippen LogP contribution in [-0.2, 0) is 5.75 Å². The van der Waals surface area contributed by atoms with Crippen molar-refractivity contribution in [3.63, 3.8) is 0 Å². The molecule has 0 radical (unpaired) electrons. The van der Waals surface area contributed by atoms with Crippen LogP contribution < -0.4 is 5.32 Å². The van der Waals surface area contributed by atoms with Crippen molar-refractivity contribution in [3.8, 4) is 0 Å². The maximum Gasteiger partial charge on any atom is 0.254 e. The molecule has 0 aliphatic heterocycles. The summed E-state index contributed by atoms with van der Waals surface area (Å²) in [5.74, 6) is 1.00. The number of furan rings is 1. The second-order valence-corrected chi connectivity index (χ2v) is 5.02. The van der Waals surface area contributed by atoms with Gasteiger partial charge in [0.15, 0.2) is 0 Å². The molecule has 0 aliphatic carbocycles. The van der Waals surface area contributed by atoms with E-state index in [1.54, 1.807) is 30.0 Å². The Morgan fingerprint density at radius 2 is 2.16 bits per heavy atom. The van der Waals surface area contributed by atoms with Gasteiger partial charge >= 0.3 is 0 Å². The van der Waals surface area contributed by atoms with Crippen LogP contribution in [0.25, 0.3) is 0 Å². The Labute approximate surface area is 115 Å². The summed E-state index contributed by atoms with van der Waals surface area (Å²) < 4.78 is 18.1. The van der Waals surface area contributed by atoms with Gasteiger partial charge in [0.25, 0.3) is 5.91 Å². The number of rotatable bonds is 6. The summed E-state index contributed by atoms with van der Waals surface area (Å²) >= 11 is 1.58. The average molecular weight is 279 g/mol. The van der Waals surface area contributed by atoms with Crippen molar-refractivity contribution in [2.45, 2.75) is 5.75 Å². The van der Waals surface area contributed by atoms with Gasteiger partial charge in [-0.1, -0.05) is 18.2 Å². The molecule has 0 fully saturated rings. The molecular weight excluding hydrogens is 265 g/mol. The van der Waals surface area contributed by atoms with Crippen molar-refractivity contribution in [1.82, 2.24) is 5.32 Å². The van der Waals surface area contributed by atoms with E-state index in [1.165, 1.54) is 18.6 Å². The molecule has 1 heterocycles. The van der Waals surface area contributed by atoms with Crippen molar-refractivity contribution in [1.29, 1.82) is 0 Å². The molecule has 5 heteroatoms. The predicted molar refractivity (Wildman–Crippen MR) is 73.6 cm³/mol. The van der Waals surface area contributed by atoms with Crippen molar-refractivity contribution < 1.29 is 13.6 Å². The van der Waals surface area contributed by atoms with Crippen LogP contribution in [0.15, 0.2) is 47.3 Å². The summed E-state index contributed by atoms with van der Waals surface area (Å²) in [7, 11) is 0. The first kappa shape index (κ1) is 13.7. The molecule has 100 valence electrons. The lowest BCUT2D eigenvalue weighted by Crippen LogP contribution is -2.25. The number of carbonyl (C=O) groups excluding carboxylic acids is 1. The molecule has 1 aromatic heterocycles. The van der Waals surface area contributed by atoms with E-state index < -0.39 is 0 Å². The number of thioether (sulfide) groups is 1. The van der Waals surface area contributed by atoms with E-state index >= 15 is 0 Å². The fraction of sp³-hybridized carbons (Fsp3) is 0.214. The van der Waals surface area contributed by atoms with Gasteiger partial charge in [0.2, 0.25) is 0 Å². The van der Waals surface area contributed by atoms with Crippen molar-refractivity contribution in [2.24, 2.45) is 0 Å². The van der Waals surface area contributed by atoms with Gasteiger partial charge in [-0.15, -0.1) is 0 Å². The van der Waals surface area contributed by atoms with Crippen molar-refractivity contribution in [3.05, 3.63) is 59.8 Å². The highest BCUT2D eigenvalue weighted by atomic mass is 32.2. The smallest absolute Gasteiger partial charge is 0.254 e. The van der Waals surface area contributed by atoms with Crippen LogP contribution in [-0.4, -0.2) is 18.2 Å². The van der Waals surface area contributed by atoms with Gasteiger partial charge in [-0.25, -0.2) is 4.39 Å². The minimum atomic E-state index is -0.183. The van der Waals surface area contributed by atoms with Crippen molar-refractivity contribution in [2.75, 3.05) is 12.3 Å². The topological polar surface area (TPSA) is 42.2 Å². The van der Waals surface area contributed by atoms with Gasteiger partial charge in [0, 0.05) is 18.1 Å². The van der Waals surface area contributed by atoms with Crippen LogP contribution in [0, 0.1) is 5.82 Å². The number of hydrogen-bond acceptors (Lipinski definition) is 3. The molecule has 0 aliphatic rings. The fourth-order valence-electron chi connectivity index (χ4n) is 1.53. The number of nitrogens with one attached hydrogen (secondary N) is 1. The first-order chi connectivity index (χ1) is 9.27. The maximum atomic E-state index is 13.3. The van der Waals surface area contributed by atoms with Crippen LogP contribution in [0.4, 0.5) is 4.39 Å². The minimum absolute atomic E-state index is 0.153. The Morgan fingerprint density at radius 3 is 2.89 bits per heavy atom. The Bertz CT molecular complexity index is 528. The molecule has 0 spiro atoms. The molecule has 1 aromatic carbocycles. The maximum absolute atomic E-state index is 13.3. The summed E-state index contributed by atoms with van der Waals surface area (Å²) in [6.45, 7) is 0.545. The fourth-order valence-corrected chi connectivity index (χ4v) is 2.37. The Balaban J connectivity index is 1.65.